The monoisotopic (exact) mass is 443 g/mol. The van der Waals surface area contributed by atoms with Crippen molar-refractivity contribution in [2.75, 3.05) is 38.6 Å². The van der Waals surface area contributed by atoms with E-state index in [-0.39, 0.29) is 10.1 Å². The number of thiophene rings is 1. The van der Waals surface area contributed by atoms with Crippen molar-refractivity contribution in [3.63, 3.8) is 0 Å². The Bertz CT molecular complexity index is 940. The van der Waals surface area contributed by atoms with Gasteiger partial charge in [-0.25, -0.2) is 8.42 Å². The molecule has 1 aromatic carbocycles. The molecule has 0 bridgehead atoms. The van der Waals surface area contributed by atoms with Crippen LogP contribution in [0.2, 0.25) is 4.34 Å². The van der Waals surface area contributed by atoms with Crippen molar-refractivity contribution in [1.29, 1.82) is 0 Å². The number of benzene rings is 1. The number of hydrogen-bond donors (Lipinski definition) is 1. The van der Waals surface area contributed by atoms with Crippen LogP contribution in [-0.2, 0) is 14.8 Å². The first-order valence-corrected chi connectivity index (χ1v) is 11.4. The number of piperazine rings is 1. The molecule has 7 nitrogen and oxygen atoms in total. The lowest BCUT2D eigenvalue weighted by Gasteiger charge is -2.36. The van der Waals surface area contributed by atoms with Crippen molar-refractivity contribution in [2.24, 2.45) is 0 Å². The van der Waals surface area contributed by atoms with E-state index in [4.69, 9.17) is 16.3 Å². The van der Waals surface area contributed by atoms with Gasteiger partial charge in [0.05, 0.1) is 23.2 Å². The van der Waals surface area contributed by atoms with Crippen LogP contribution in [0.3, 0.4) is 0 Å². The molecule has 2 aromatic rings. The average Bonchev–Trinajstić information content (AvgIpc) is 3.15. The fraction of sp³-hybridized carbons (Fsp3) is 0.389. The van der Waals surface area contributed by atoms with Crippen LogP contribution < -0.4 is 10.1 Å². The van der Waals surface area contributed by atoms with Crippen molar-refractivity contribution >= 4 is 44.6 Å². The standard InChI is InChI=1S/C18H22ClN3O4S2/c1-13(18(23)20-14-5-3-4-6-15(14)26-2)21-9-11-22(12-10-21)28(24,25)17-8-7-16(19)27-17/h3-8,13H,9-12H2,1-2H3,(H,20,23)/t13-/m0/s1. The first-order chi connectivity index (χ1) is 13.3. The zero-order valence-electron chi connectivity index (χ0n) is 15.6. The van der Waals surface area contributed by atoms with E-state index in [1.807, 2.05) is 24.0 Å². The third-order valence-electron chi connectivity index (χ3n) is 4.71. The van der Waals surface area contributed by atoms with Gasteiger partial charge in [-0.2, -0.15) is 4.31 Å². The molecule has 1 saturated heterocycles. The van der Waals surface area contributed by atoms with Gasteiger partial charge >= 0.3 is 0 Å². The topological polar surface area (TPSA) is 79.0 Å². The molecule has 28 heavy (non-hydrogen) atoms. The Labute approximate surface area is 173 Å². The molecule has 1 aliphatic rings. The zero-order chi connectivity index (χ0) is 20.3. The quantitative estimate of drug-likeness (QED) is 0.742. The van der Waals surface area contributed by atoms with E-state index >= 15 is 0 Å². The minimum absolute atomic E-state index is 0.161. The summed E-state index contributed by atoms with van der Waals surface area (Å²) in [6, 6.07) is 9.92. The van der Waals surface area contributed by atoms with Gasteiger partial charge in [-0.1, -0.05) is 23.7 Å². The molecule has 152 valence electrons. The van der Waals surface area contributed by atoms with Gasteiger partial charge in [0, 0.05) is 26.2 Å². The lowest BCUT2D eigenvalue weighted by Crippen LogP contribution is -2.53. The maximum atomic E-state index is 12.7. The van der Waals surface area contributed by atoms with E-state index in [1.165, 1.54) is 10.4 Å². The van der Waals surface area contributed by atoms with Crippen LogP contribution in [-0.4, -0.2) is 62.9 Å². The number of rotatable bonds is 6. The highest BCUT2D eigenvalue weighted by atomic mass is 35.5. The highest BCUT2D eigenvalue weighted by Crippen LogP contribution is 2.29. The molecule has 0 unspecified atom stereocenters. The lowest BCUT2D eigenvalue weighted by molar-refractivity contribution is -0.121. The molecule has 0 saturated carbocycles. The molecule has 1 N–H and O–H groups in total. The Kier molecular flexibility index (Phi) is 6.61. The molecule has 1 amide bonds. The van der Waals surface area contributed by atoms with Gasteiger partial charge in [-0.15, -0.1) is 11.3 Å². The van der Waals surface area contributed by atoms with Crippen molar-refractivity contribution < 1.29 is 17.9 Å². The van der Waals surface area contributed by atoms with Gasteiger partial charge in [0.15, 0.2) is 0 Å². The van der Waals surface area contributed by atoms with Crippen LogP contribution >= 0.6 is 22.9 Å². The predicted molar refractivity (Wildman–Crippen MR) is 111 cm³/mol. The smallest absolute Gasteiger partial charge is 0.252 e. The Morgan fingerprint density at radius 1 is 1.18 bits per heavy atom. The Morgan fingerprint density at radius 2 is 1.86 bits per heavy atom. The molecule has 3 rings (SSSR count). The number of ether oxygens (including phenoxy) is 1. The number of halogens is 1. The van der Waals surface area contributed by atoms with E-state index in [9.17, 15) is 13.2 Å². The Balaban J connectivity index is 1.60. The van der Waals surface area contributed by atoms with Gasteiger partial charge in [0.2, 0.25) is 5.91 Å². The van der Waals surface area contributed by atoms with E-state index in [0.717, 1.165) is 11.3 Å². The third-order valence-corrected chi connectivity index (χ3v) is 8.31. The van der Waals surface area contributed by atoms with Crippen LogP contribution in [0.1, 0.15) is 6.92 Å². The number of amides is 1. The van der Waals surface area contributed by atoms with Crippen LogP contribution in [0.15, 0.2) is 40.6 Å². The molecule has 10 heteroatoms. The summed E-state index contributed by atoms with van der Waals surface area (Å²) in [5.41, 5.74) is 0.609. The number of para-hydroxylation sites is 2. The largest absolute Gasteiger partial charge is 0.495 e. The van der Waals surface area contributed by atoms with Crippen molar-refractivity contribution in [1.82, 2.24) is 9.21 Å². The summed E-state index contributed by atoms with van der Waals surface area (Å²) in [7, 11) is -1.99. The Hall–Kier alpha value is -1.65. The molecule has 0 radical (unpaired) electrons. The highest BCUT2D eigenvalue weighted by molar-refractivity contribution is 7.91. The molecule has 1 fully saturated rings. The molecule has 1 atom stereocenters. The van der Waals surface area contributed by atoms with Gasteiger partial charge in [0.25, 0.3) is 10.0 Å². The normalized spacial score (nSPS) is 17.2. The lowest BCUT2D eigenvalue weighted by atomic mass is 10.2. The molecule has 0 aliphatic carbocycles. The summed E-state index contributed by atoms with van der Waals surface area (Å²) in [4.78, 5) is 14.6. The van der Waals surface area contributed by atoms with E-state index in [0.29, 0.717) is 42.0 Å². The van der Waals surface area contributed by atoms with Crippen LogP contribution in [0.5, 0.6) is 5.75 Å². The van der Waals surface area contributed by atoms with Crippen LogP contribution in [0.25, 0.3) is 0 Å². The van der Waals surface area contributed by atoms with Gasteiger partial charge in [-0.3, -0.25) is 9.69 Å². The van der Waals surface area contributed by atoms with Gasteiger partial charge in [0.1, 0.15) is 9.96 Å². The number of methoxy groups -OCH3 is 1. The highest BCUT2D eigenvalue weighted by Gasteiger charge is 2.32. The second-order valence-electron chi connectivity index (χ2n) is 6.36. The van der Waals surface area contributed by atoms with Crippen molar-refractivity contribution in [2.45, 2.75) is 17.2 Å². The number of sulfonamides is 1. The summed E-state index contributed by atoms with van der Waals surface area (Å²) in [6.07, 6.45) is 0. The minimum Gasteiger partial charge on any atom is -0.495 e. The maximum Gasteiger partial charge on any atom is 0.252 e. The number of hydrogen-bond acceptors (Lipinski definition) is 6. The van der Waals surface area contributed by atoms with E-state index in [2.05, 4.69) is 5.32 Å². The van der Waals surface area contributed by atoms with E-state index < -0.39 is 16.1 Å². The molecular weight excluding hydrogens is 422 g/mol. The molecular formula is C18H22ClN3O4S2. The molecule has 2 heterocycles. The van der Waals surface area contributed by atoms with Crippen LogP contribution in [0, 0.1) is 0 Å². The fourth-order valence-electron chi connectivity index (χ4n) is 3.05. The van der Waals surface area contributed by atoms with E-state index in [1.54, 1.807) is 25.3 Å². The minimum atomic E-state index is -3.54. The van der Waals surface area contributed by atoms with Gasteiger partial charge in [-0.05, 0) is 31.2 Å². The first-order valence-electron chi connectivity index (χ1n) is 8.76. The van der Waals surface area contributed by atoms with Gasteiger partial charge < -0.3 is 10.1 Å². The zero-order valence-corrected chi connectivity index (χ0v) is 18.0. The van der Waals surface area contributed by atoms with Crippen molar-refractivity contribution in [3.8, 4) is 5.75 Å². The number of carbonyl (C=O) groups excluding carboxylic acids is 1. The average molecular weight is 444 g/mol. The number of nitrogens with one attached hydrogen (secondary N) is 1. The fourth-order valence-corrected chi connectivity index (χ4v) is 6.10. The summed E-state index contributed by atoms with van der Waals surface area (Å²) in [5.74, 6) is 0.430. The summed E-state index contributed by atoms with van der Waals surface area (Å²) >= 11 is 6.92. The molecule has 0 spiro atoms. The first kappa shape index (κ1) is 21.1. The number of nitrogens with zero attached hydrogens (tertiary/aromatic N) is 2. The Morgan fingerprint density at radius 3 is 2.46 bits per heavy atom. The third kappa shape index (κ3) is 4.49. The van der Waals surface area contributed by atoms with Crippen molar-refractivity contribution in [3.05, 3.63) is 40.7 Å². The summed E-state index contributed by atoms with van der Waals surface area (Å²) < 4.78 is 32.8. The second-order valence-corrected chi connectivity index (χ2v) is 10.2. The molecule has 1 aromatic heterocycles. The predicted octanol–water partition coefficient (Wildman–Crippen LogP) is 2.74. The van der Waals surface area contributed by atoms with Crippen LogP contribution in [0.4, 0.5) is 5.69 Å². The SMILES string of the molecule is COc1ccccc1NC(=O)[C@H](C)N1CCN(S(=O)(=O)c2ccc(Cl)s2)CC1. The summed E-state index contributed by atoms with van der Waals surface area (Å²) in [6.45, 7) is 3.40. The second kappa shape index (κ2) is 8.79. The molecule has 1 aliphatic heterocycles. The summed E-state index contributed by atoms with van der Waals surface area (Å²) in [5, 5.41) is 2.88. The maximum absolute atomic E-state index is 12.7. The number of carbonyl (C=O) groups is 1. The number of anilines is 1.